The summed E-state index contributed by atoms with van der Waals surface area (Å²) in [6, 6.07) is 9.25. The molecule has 0 fully saturated rings. The molecule has 0 unspecified atom stereocenters. The Morgan fingerprint density at radius 2 is 1.94 bits per heavy atom. The van der Waals surface area contributed by atoms with Gasteiger partial charge in [0.25, 0.3) is 0 Å². The van der Waals surface area contributed by atoms with Crippen molar-refractivity contribution >= 4 is 37.5 Å². The van der Waals surface area contributed by atoms with Crippen LogP contribution in [0, 0.1) is 0 Å². The summed E-state index contributed by atoms with van der Waals surface area (Å²) in [5, 5.41) is 0. The average molecular weight is 344 g/mol. The van der Waals surface area contributed by atoms with Crippen molar-refractivity contribution in [1.29, 1.82) is 0 Å². The molecule has 1 aromatic heterocycles. The lowest BCUT2D eigenvalue weighted by Crippen LogP contribution is -1.94. The molecule has 1 heterocycles. The van der Waals surface area contributed by atoms with Gasteiger partial charge in [0.15, 0.2) is 0 Å². The number of halogens is 2. The van der Waals surface area contributed by atoms with E-state index in [4.69, 9.17) is 10.5 Å². The molecule has 0 saturated carbocycles. The largest absolute Gasteiger partial charge is 0.437 e. The monoisotopic (exact) mass is 342 g/mol. The van der Waals surface area contributed by atoms with Crippen LogP contribution in [0.4, 0.5) is 5.69 Å². The van der Waals surface area contributed by atoms with E-state index < -0.39 is 0 Å². The van der Waals surface area contributed by atoms with Crippen LogP contribution in [0.2, 0.25) is 0 Å². The molecule has 82 valence electrons. The van der Waals surface area contributed by atoms with Gasteiger partial charge < -0.3 is 10.5 Å². The van der Waals surface area contributed by atoms with Crippen molar-refractivity contribution in [3.63, 3.8) is 0 Å². The summed E-state index contributed by atoms with van der Waals surface area (Å²) in [5.41, 5.74) is 6.27. The smallest absolute Gasteiger partial charge is 0.242 e. The third kappa shape index (κ3) is 2.74. The Kier molecular flexibility index (Phi) is 3.46. The zero-order valence-corrected chi connectivity index (χ0v) is 11.3. The van der Waals surface area contributed by atoms with Crippen molar-refractivity contribution in [2.45, 2.75) is 0 Å². The Labute approximate surface area is 110 Å². The fourth-order valence-corrected chi connectivity index (χ4v) is 1.90. The van der Waals surface area contributed by atoms with Crippen LogP contribution >= 0.6 is 31.9 Å². The molecular formula is C11H8Br2N2O. The van der Waals surface area contributed by atoms with Gasteiger partial charge in [-0.1, -0.05) is 22.0 Å². The Bertz CT molecular complexity index is 517. The molecular weight excluding hydrogens is 336 g/mol. The zero-order valence-electron chi connectivity index (χ0n) is 8.15. The minimum atomic E-state index is 0.404. The normalized spacial score (nSPS) is 10.1. The summed E-state index contributed by atoms with van der Waals surface area (Å²) in [7, 11) is 0. The van der Waals surface area contributed by atoms with Gasteiger partial charge in [0.05, 0.1) is 5.69 Å². The molecule has 0 atom stereocenters. The molecule has 0 amide bonds. The summed E-state index contributed by atoms with van der Waals surface area (Å²) >= 11 is 6.65. The van der Waals surface area contributed by atoms with Crippen molar-refractivity contribution in [1.82, 2.24) is 4.98 Å². The van der Waals surface area contributed by atoms with Crippen LogP contribution in [0.5, 0.6) is 11.6 Å². The first-order valence-corrected chi connectivity index (χ1v) is 6.08. The summed E-state index contributed by atoms with van der Waals surface area (Å²) in [6.07, 6.45) is 1.64. The minimum absolute atomic E-state index is 0.404. The van der Waals surface area contributed by atoms with Crippen LogP contribution in [0.3, 0.4) is 0 Å². The number of hydrogen-bond donors (Lipinski definition) is 1. The van der Waals surface area contributed by atoms with Gasteiger partial charge in [0.1, 0.15) is 5.75 Å². The second-order valence-corrected chi connectivity index (χ2v) is 4.94. The molecule has 0 bridgehead atoms. The van der Waals surface area contributed by atoms with Crippen molar-refractivity contribution < 1.29 is 4.74 Å². The highest BCUT2D eigenvalue weighted by atomic mass is 79.9. The molecule has 2 aromatic rings. The number of pyridine rings is 1. The zero-order chi connectivity index (χ0) is 11.5. The lowest BCUT2D eigenvalue weighted by atomic mass is 10.3. The van der Waals surface area contributed by atoms with Gasteiger partial charge in [-0.05, 0) is 40.2 Å². The molecule has 0 aliphatic heterocycles. The van der Waals surface area contributed by atoms with E-state index in [0.29, 0.717) is 17.3 Å². The SMILES string of the molecule is Nc1cc(Br)cnc1Oc1cccc(Br)c1. The molecule has 0 aliphatic rings. The van der Waals surface area contributed by atoms with Gasteiger partial charge in [-0.2, -0.15) is 0 Å². The standard InChI is InChI=1S/C11H8Br2N2O/c12-7-2-1-3-9(4-7)16-11-10(14)5-8(13)6-15-11/h1-6H,14H2. The van der Waals surface area contributed by atoms with Crippen molar-refractivity contribution in [3.8, 4) is 11.6 Å². The molecule has 3 nitrogen and oxygen atoms in total. The second-order valence-electron chi connectivity index (χ2n) is 3.11. The van der Waals surface area contributed by atoms with E-state index in [1.165, 1.54) is 0 Å². The van der Waals surface area contributed by atoms with Crippen molar-refractivity contribution in [2.24, 2.45) is 0 Å². The molecule has 16 heavy (non-hydrogen) atoms. The molecule has 0 radical (unpaired) electrons. The van der Waals surface area contributed by atoms with E-state index in [-0.39, 0.29) is 0 Å². The maximum Gasteiger partial charge on any atom is 0.242 e. The first kappa shape index (κ1) is 11.4. The molecule has 0 spiro atoms. The molecule has 0 aliphatic carbocycles. The molecule has 1 aromatic carbocycles. The third-order valence-corrected chi connectivity index (χ3v) is 2.78. The fraction of sp³-hybridized carbons (Fsp3) is 0. The van der Waals surface area contributed by atoms with Crippen LogP contribution in [-0.2, 0) is 0 Å². The number of hydrogen-bond acceptors (Lipinski definition) is 3. The Morgan fingerprint density at radius 3 is 2.62 bits per heavy atom. The highest BCUT2D eigenvalue weighted by Crippen LogP contribution is 2.28. The van der Waals surface area contributed by atoms with Crippen LogP contribution < -0.4 is 10.5 Å². The molecule has 0 saturated heterocycles. The van der Waals surface area contributed by atoms with E-state index >= 15 is 0 Å². The van der Waals surface area contributed by atoms with Crippen molar-refractivity contribution in [3.05, 3.63) is 45.5 Å². The number of anilines is 1. The highest BCUT2D eigenvalue weighted by molar-refractivity contribution is 9.10. The Hall–Kier alpha value is -1.07. The maximum atomic E-state index is 5.78. The van der Waals surface area contributed by atoms with Crippen LogP contribution in [-0.4, -0.2) is 4.98 Å². The van der Waals surface area contributed by atoms with Crippen LogP contribution in [0.15, 0.2) is 45.5 Å². The van der Waals surface area contributed by atoms with Crippen LogP contribution in [0.25, 0.3) is 0 Å². The minimum Gasteiger partial charge on any atom is -0.437 e. The molecule has 2 N–H and O–H groups in total. The highest BCUT2D eigenvalue weighted by Gasteiger charge is 2.04. The number of nitrogens with two attached hydrogens (primary N) is 1. The van der Waals surface area contributed by atoms with E-state index in [2.05, 4.69) is 36.8 Å². The van der Waals surface area contributed by atoms with Crippen molar-refractivity contribution in [2.75, 3.05) is 5.73 Å². The number of rotatable bonds is 2. The lowest BCUT2D eigenvalue weighted by Gasteiger charge is -2.07. The van der Waals surface area contributed by atoms with Gasteiger partial charge in [0.2, 0.25) is 5.88 Å². The number of aromatic nitrogens is 1. The van der Waals surface area contributed by atoms with Gasteiger partial charge in [0, 0.05) is 15.1 Å². The predicted molar refractivity (Wildman–Crippen MR) is 70.6 cm³/mol. The van der Waals surface area contributed by atoms with Gasteiger partial charge in [-0.25, -0.2) is 4.98 Å². The van der Waals surface area contributed by atoms with Gasteiger partial charge in [-0.15, -0.1) is 0 Å². The van der Waals surface area contributed by atoms with E-state index in [1.54, 1.807) is 12.3 Å². The van der Waals surface area contributed by atoms with Crippen LogP contribution in [0.1, 0.15) is 0 Å². The van der Waals surface area contributed by atoms with E-state index in [9.17, 15) is 0 Å². The number of benzene rings is 1. The lowest BCUT2D eigenvalue weighted by molar-refractivity contribution is 0.465. The number of nitrogen functional groups attached to an aromatic ring is 1. The predicted octanol–water partition coefficient (Wildman–Crippen LogP) is 3.98. The fourth-order valence-electron chi connectivity index (χ4n) is 1.17. The maximum absolute atomic E-state index is 5.78. The Morgan fingerprint density at radius 1 is 1.12 bits per heavy atom. The quantitative estimate of drug-likeness (QED) is 0.897. The second kappa shape index (κ2) is 4.84. The van der Waals surface area contributed by atoms with E-state index in [0.717, 1.165) is 8.95 Å². The topological polar surface area (TPSA) is 48.1 Å². The summed E-state index contributed by atoms with van der Waals surface area (Å²) in [6.45, 7) is 0. The first-order valence-electron chi connectivity index (χ1n) is 4.49. The number of nitrogens with zero attached hydrogens (tertiary/aromatic N) is 1. The molecule has 5 heteroatoms. The number of ether oxygens (including phenoxy) is 1. The average Bonchev–Trinajstić information content (AvgIpc) is 2.22. The Balaban J connectivity index is 2.27. The summed E-state index contributed by atoms with van der Waals surface area (Å²) in [5.74, 6) is 1.09. The summed E-state index contributed by atoms with van der Waals surface area (Å²) < 4.78 is 7.33. The van der Waals surface area contributed by atoms with E-state index in [1.807, 2.05) is 24.3 Å². The molecule has 2 rings (SSSR count). The van der Waals surface area contributed by atoms with Gasteiger partial charge >= 0.3 is 0 Å². The third-order valence-electron chi connectivity index (χ3n) is 1.86. The summed E-state index contributed by atoms with van der Waals surface area (Å²) in [4.78, 5) is 4.09. The first-order chi connectivity index (χ1) is 7.65. The van der Waals surface area contributed by atoms with Gasteiger partial charge in [-0.3, -0.25) is 0 Å².